The summed E-state index contributed by atoms with van der Waals surface area (Å²) in [6.45, 7) is 1.88. The maximum atomic E-state index is 13.9. The van der Waals surface area contributed by atoms with Crippen molar-refractivity contribution < 1.29 is 13.7 Å². The van der Waals surface area contributed by atoms with E-state index in [0.717, 1.165) is 5.56 Å². The molecule has 4 nitrogen and oxygen atoms in total. The van der Waals surface area contributed by atoms with Gasteiger partial charge in [0, 0.05) is 30.2 Å². The minimum absolute atomic E-state index is 0.343. The summed E-state index contributed by atoms with van der Waals surface area (Å²) in [7, 11) is 1.64. The van der Waals surface area contributed by atoms with Crippen LogP contribution in [0, 0.1) is 5.82 Å². The van der Waals surface area contributed by atoms with Crippen LogP contribution in [0.3, 0.4) is 0 Å². The van der Waals surface area contributed by atoms with Crippen molar-refractivity contribution in [1.29, 1.82) is 0 Å². The van der Waals surface area contributed by atoms with Crippen LogP contribution in [0.1, 0.15) is 5.56 Å². The Kier molecular flexibility index (Phi) is 5.07. The third kappa shape index (κ3) is 3.62. The summed E-state index contributed by atoms with van der Waals surface area (Å²) >= 11 is 3.22. The molecule has 0 bridgehead atoms. The highest BCUT2D eigenvalue weighted by atomic mass is 79.9. The van der Waals surface area contributed by atoms with E-state index in [-0.39, 0.29) is 5.82 Å². The van der Waals surface area contributed by atoms with Crippen molar-refractivity contribution in [2.75, 3.05) is 20.3 Å². The summed E-state index contributed by atoms with van der Waals surface area (Å²) in [4.78, 5) is 0. The molecule has 0 aliphatic carbocycles. The Bertz CT molecular complexity index is 545. The van der Waals surface area contributed by atoms with Crippen LogP contribution in [0.15, 0.2) is 33.4 Å². The molecule has 2 aromatic rings. The maximum absolute atomic E-state index is 13.9. The van der Waals surface area contributed by atoms with Crippen LogP contribution in [0.4, 0.5) is 4.39 Å². The fraction of sp³-hybridized carbons (Fsp3) is 0.308. The molecule has 1 heterocycles. The third-order valence-electron chi connectivity index (χ3n) is 2.62. The number of hydrogen-bond donors (Lipinski definition) is 1. The zero-order valence-electron chi connectivity index (χ0n) is 10.5. The number of methoxy groups -OCH3 is 1. The van der Waals surface area contributed by atoms with Crippen LogP contribution in [0.5, 0.6) is 0 Å². The first kappa shape index (κ1) is 14.2. The van der Waals surface area contributed by atoms with Crippen molar-refractivity contribution in [1.82, 2.24) is 10.5 Å². The topological polar surface area (TPSA) is 47.3 Å². The minimum Gasteiger partial charge on any atom is -0.383 e. The van der Waals surface area contributed by atoms with E-state index < -0.39 is 0 Å². The SMILES string of the molecule is COCCNCc1cnoc1-c1ccc(Br)cc1F. The van der Waals surface area contributed by atoms with Crippen molar-refractivity contribution in [3.63, 3.8) is 0 Å². The quantitative estimate of drug-likeness (QED) is 0.828. The normalized spacial score (nSPS) is 10.9. The van der Waals surface area contributed by atoms with E-state index >= 15 is 0 Å². The fourth-order valence-electron chi connectivity index (χ4n) is 1.68. The van der Waals surface area contributed by atoms with Gasteiger partial charge in [0.1, 0.15) is 5.82 Å². The lowest BCUT2D eigenvalue weighted by atomic mass is 10.1. The molecule has 2 rings (SSSR count). The zero-order valence-corrected chi connectivity index (χ0v) is 12.0. The minimum atomic E-state index is -0.343. The fourth-order valence-corrected chi connectivity index (χ4v) is 2.01. The number of hydrogen-bond acceptors (Lipinski definition) is 4. The van der Waals surface area contributed by atoms with Crippen LogP contribution in [-0.2, 0) is 11.3 Å². The molecule has 102 valence electrons. The van der Waals surface area contributed by atoms with E-state index in [2.05, 4.69) is 26.4 Å². The zero-order chi connectivity index (χ0) is 13.7. The van der Waals surface area contributed by atoms with E-state index in [1.165, 1.54) is 6.07 Å². The first-order valence-corrected chi connectivity index (χ1v) is 6.60. The molecule has 0 amide bonds. The standard InChI is InChI=1S/C13H14BrFN2O2/c1-18-5-4-16-7-9-8-17-19-13(9)11-3-2-10(14)6-12(11)15/h2-3,6,8,16H,4-5,7H2,1H3. The molecule has 0 saturated carbocycles. The van der Waals surface area contributed by atoms with Gasteiger partial charge in [-0.25, -0.2) is 4.39 Å². The average molecular weight is 329 g/mol. The lowest BCUT2D eigenvalue weighted by molar-refractivity contribution is 0.199. The predicted molar refractivity (Wildman–Crippen MR) is 73.2 cm³/mol. The van der Waals surface area contributed by atoms with Gasteiger partial charge in [-0.15, -0.1) is 0 Å². The molecule has 0 spiro atoms. The summed E-state index contributed by atoms with van der Waals surface area (Å²) in [5.74, 6) is 0.110. The molecular weight excluding hydrogens is 315 g/mol. The number of nitrogens with zero attached hydrogens (tertiary/aromatic N) is 1. The summed E-state index contributed by atoms with van der Waals surface area (Å²) in [6, 6.07) is 4.83. The lowest BCUT2D eigenvalue weighted by Crippen LogP contribution is -2.18. The Balaban J connectivity index is 2.14. The van der Waals surface area contributed by atoms with Crippen molar-refractivity contribution in [2.24, 2.45) is 0 Å². The van der Waals surface area contributed by atoms with Crippen LogP contribution >= 0.6 is 15.9 Å². The van der Waals surface area contributed by atoms with Gasteiger partial charge in [-0.2, -0.15) is 0 Å². The third-order valence-corrected chi connectivity index (χ3v) is 3.11. The first-order valence-electron chi connectivity index (χ1n) is 5.81. The molecule has 0 aliphatic rings. The molecule has 0 fully saturated rings. The average Bonchev–Trinajstić information content (AvgIpc) is 2.83. The highest BCUT2D eigenvalue weighted by molar-refractivity contribution is 9.10. The highest BCUT2D eigenvalue weighted by Crippen LogP contribution is 2.28. The number of benzene rings is 1. The van der Waals surface area contributed by atoms with E-state index in [1.807, 2.05) is 0 Å². The van der Waals surface area contributed by atoms with Gasteiger partial charge in [0.25, 0.3) is 0 Å². The second kappa shape index (κ2) is 6.79. The van der Waals surface area contributed by atoms with E-state index in [1.54, 1.807) is 25.4 Å². The van der Waals surface area contributed by atoms with Crippen LogP contribution in [0.2, 0.25) is 0 Å². The highest BCUT2D eigenvalue weighted by Gasteiger charge is 2.14. The van der Waals surface area contributed by atoms with Gasteiger partial charge in [0.2, 0.25) is 0 Å². The lowest BCUT2D eigenvalue weighted by Gasteiger charge is -2.05. The van der Waals surface area contributed by atoms with Gasteiger partial charge in [0.05, 0.1) is 18.4 Å². The van der Waals surface area contributed by atoms with Gasteiger partial charge >= 0.3 is 0 Å². The van der Waals surface area contributed by atoms with Crippen molar-refractivity contribution in [3.05, 3.63) is 40.2 Å². The molecule has 19 heavy (non-hydrogen) atoms. The van der Waals surface area contributed by atoms with Crippen LogP contribution < -0.4 is 5.32 Å². The molecule has 1 aromatic heterocycles. The molecule has 0 aliphatic heterocycles. The van der Waals surface area contributed by atoms with Crippen LogP contribution in [-0.4, -0.2) is 25.4 Å². The summed E-state index contributed by atoms with van der Waals surface area (Å²) in [5.41, 5.74) is 1.22. The maximum Gasteiger partial charge on any atom is 0.174 e. The Hall–Kier alpha value is -1.24. The van der Waals surface area contributed by atoms with Crippen LogP contribution in [0.25, 0.3) is 11.3 Å². The van der Waals surface area contributed by atoms with Crippen molar-refractivity contribution in [3.8, 4) is 11.3 Å². The second-order valence-corrected chi connectivity index (χ2v) is 4.89. The number of ether oxygens (including phenoxy) is 1. The second-order valence-electron chi connectivity index (χ2n) is 3.97. The molecular formula is C13H14BrFN2O2. The summed E-state index contributed by atoms with van der Waals surface area (Å²) < 4.78 is 24.7. The van der Waals surface area contributed by atoms with Gasteiger partial charge < -0.3 is 14.6 Å². The van der Waals surface area contributed by atoms with E-state index in [4.69, 9.17) is 9.26 Å². The Labute approximate surface area is 119 Å². The summed E-state index contributed by atoms with van der Waals surface area (Å²) in [5, 5.41) is 6.91. The smallest absolute Gasteiger partial charge is 0.174 e. The first-order chi connectivity index (χ1) is 9.22. The molecule has 0 atom stereocenters. The monoisotopic (exact) mass is 328 g/mol. The Morgan fingerprint density at radius 1 is 1.47 bits per heavy atom. The van der Waals surface area contributed by atoms with Gasteiger partial charge in [0.15, 0.2) is 5.76 Å². The number of rotatable bonds is 6. The van der Waals surface area contributed by atoms with E-state index in [9.17, 15) is 4.39 Å². The molecule has 0 saturated heterocycles. The number of aromatic nitrogens is 1. The van der Waals surface area contributed by atoms with Gasteiger partial charge in [-0.1, -0.05) is 21.1 Å². The van der Waals surface area contributed by atoms with Gasteiger partial charge in [-0.05, 0) is 18.2 Å². The number of nitrogens with one attached hydrogen (secondary N) is 1. The van der Waals surface area contributed by atoms with Crippen molar-refractivity contribution in [2.45, 2.75) is 6.54 Å². The molecule has 0 radical (unpaired) electrons. The largest absolute Gasteiger partial charge is 0.383 e. The molecule has 6 heteroatoms. The predicted octanol–water partition coefficient (Wildman–Crippen LogP) is 2.98. The Morgan fingerprint density at radius 3 is 3.05 bits per heavy atom. The summed E-state index contributed by atoms with van der Waals surface area (Å²) in [6.07, 6.45) is 1.59. The Morgan fingerprint density at radius 2 is 2.32 bits per heavy atom. The molecule has 1 N–H and O–H groups in total. The van der Waals surface area contributed by atoms with E-state index in [0.29, 0.717) is 35.5 Å². The van der Waals surface area contributed by atoms with Crippen molar-refractivity contribution >= 4 is 15.9 Å². The molecule has 0 unspecified atom stereocenters. The number of halogens is 2. The molecule has 1 aromatic carbocycles. The van der Waals surface area contributed by atoms with Gasteiger partial charge in [-0.3, -0.25) is 0 Å².